The third-order valence-electron chi connectivity index (χ3n) is 5.55. The van der Waals surface area contributed by atoms with Gasteiger partial charge in [-0.25, -0.2) is 0 Å². The van der Waals surface area contributed by atoms with Gasteiger partial charge in [-0.05, 0) is 11.5 Å². The van der Waals surface area contributed by atoms with Crippen LogP contribution in [0.25, 0.3) is 10.8 Å². The van der Waals surface area contributed by atoms with Crippen LogP contribution in [0.4, 0.5) is 0 Å². The summed E-state index contributed by atoms with van der Waals surface area (Å²) in [5, 5.41) is 2.27. The summed E-state index contributed by atoms with van der Waals surface area (Å²) in [5.74, 6) is 0.865. The molecular weight excluding hydrogens is 364 g/mol. The van der Waals surface area contributed by atoms with E-state index in [4.69, 9.17) is 4.74 Å². The highest BCUT2D eigenvalue weighted by atomic mass is 16.5. The lowest BCUT2D eigenvalue weighted by atomic mass is 9.80. The molecule has 144 valence electrons. The Kier molecular flexibility index (Phi) is 4.78. The monoisotopic (exact) mass is 386 g/mol. The van der Waals surface area contributed by atoms with Crippen molar-refractivity contribution in [2.45, 2.75) is 5.60 Å². The molecule has 0 saturated heterocycles. The van der Waals surface area contributed by atoms with Crippen molar-refractivity contribution in [3.05, 3.63) is 150 Å². The van der Waals surface area contributed by atoms with Crippen molar-refractivity contribution < 1.29 is 4.74 Å². The first kappa shape index (κ1) is 18.2. The molecule has 0 amide bonds. The van der Waals surface area contributed by atoms with Gasteiger partial charge in [-0.1, -0.05) is 127 Å². The molecule has 0 aromatic heterocycles. The number of ether oxygens (including phenoxy) is 1. The van der Waals surface area contributed by atoms with Gasteiger partial charge in [-0.2, -0.15) is 0 Å². The average Bonchev–Trinajstić information content (AvgIpc) is 2.84. The highest BCUT2D eigenvalue weighted by molar-refractivity contribution is 5.88. The Balaban J connectivity index is 1.82. The zero-order valence-corrected chi connectivity index (χ0v) is 16.6. The quantitative estimate of drug-likeness (QED) is 0.290. The molecule has 0 N–H and O–H groups in total. The molecule has 1 nitrogen and oxygen atoms in total. The maximum absolute atomic E-state index is 7.07. The van der Waals surface area contributed by atoms with Crippen LogP contribution in [0.3, 0.4) is 0 Å². The van der Waals surface area contributed by atoms with Crippen LogP contribution in [0.1, 0.15) is 16.7 Å². The number of rotatable bonds is 5. The van der Waals surface area contributed by atoms with Crippen molar-refractivity contribution in [3.63, 3.8) is 0 Å². The summed E-state index contributed by atoms with van der Waals surface area (Å²) in [6.45, 7) is 0. The van der Waals surface area contributed by atoms with E-state index in [9.17, 15) is 0 Å². The van der Waals surface area contributed by atoms with Gasteiger partial charge in [0, 0.05) is 22.1 Å². The summed E-state index contributed by atoms with van der Waals surface area (Å²) >= 11 is 0. The molecule has 5 aromatic carbocycles. The Hall–Kier alpha value is -3.84. The molecule has 1 heteroatoms. The molecule has 0 aliphatic carbocycles. The van der Waals surface area contributed by atoms with E-state index < -0.39 is 5.60 Å². The van der Waals surface area contributed by atoms with Gasteiger partial charge >= 0.3 is 0 Å². The number of fused-ring (bicyclic) bond motifs is 1. The zero-order chi connectivity index (χ0) is 20.2. The summed E-state index contributed by atoms with van der Waals surface area (Å²) in [7, 11) is 0. The molecule has 5 rings (SSSR count). The van der Waals surface area contributed by atoms with E-state index in [-0.39, 0.29) is 0 Å². The Morgan fingerprint density at radius 1 is 0.400 bits per heavy atom. The first-order chi connectivity index (χ1) is 14.9. The van der Waals surface area contributed by atoms with Crippen LogP contribution in [0, 0.1) is 0 Å². The fourth-order valence-corrected chi connectivity index (χ4v) is 4.14. The summed E-state index contributed by atoms with van der Waals surface area (Å²) in [5.41, 5.74) is 2.51. The van der Waals surface area contributed by atoms with Gasteiger partial charge in [-0.3, -0.25) is 0 Å². The fourth-order valence-electron chi connectivity index (χ4n) is 4.14. The molecule has 0 unspecified atom stereocenters. The first-order valence-corrected chi connectivity index (χ1v) is 10.2. The molecule has 0 radical (unpaired) electrons. The molecule has 0 bridgehead atoms. The van der Waals surface area contributed by atoms with Crippen LogP contribution < -0.4 is 4.74 Å². The number of hydrogen-bond donors (Lipinski definition) is 0. The van der Waals surface area contributed by atoms with Gasteiger partial charge in [0.1, 0.15) is 5.75 Å². The van der Waals surface area contributed by atoms with Crippen LogP contribution in [-0.2, 0) is 5.60 Å². The van der Waals surface area contributed by atoms with E-state index in [1.165, 1.54) is 0 Å². The topological polar surface area (TPSA) is 9.23 Å². The second-order valence-corrected chi connectivity index (χ2v) is 7.36. The van der Waals surface area contributed by atoms with Crippen molar-refractivity contribution in [2.75, 3.05) is 0 Å². The molecule has 30 heavy (non-hydrogen) atoms. The Bertz CT molecular complexity index is 1140. The van der Waals surface area contributed by atoms with Gasteiger partial charge in [0.2, 0.25) is 0 Å². The summed E-state index contributed by atoms with van der Waals surface area (Å²) in [6.07, 6.45) is 0. The third kappa shape index (κ3) is 3.15. The van der Waals surface area contributed by atoms with E-state index in [2.05, 4.69) is 115 Å². The van der Waals surface area contributed by atoms with E-state index in [1.807, 2.05) is 18.2 Å². The van der Waals surface area contributed by atoms with Gasteiger partial charge in [0.15, 0.2) is 5.60 Å². The number of benzene rings is 5. The van der Waals surface area contributed by atoms with Crippen molar-refractivity contribution in [1.29, 1.82) is 0 Å². The van der Waals surface area contributed by atoms with Gasteiger partial charge in [0.25, 0.3) is 0 Å². The second kappa shape index (κ2) is 7.88. The molecule has 0 saturated carbocycles. The van der Waals surface area contributed by atoms with Gasteiger partial charge in [-0.15, -0.1) is 0 Å². The minimum absolute atomic E-state index is 0.770. The predicted octanol–water partition coefficient (Wildman–Crippen LogP) is 7.21. The van der Waals surface area contributed by atoms with Crippen LogP contribution in [-0.4, -0.2) is 0 Å². The minimum atomic E-state index is -0.770. The van der Waals surface area contributed by atoms with Crippen LogP contribution in [0.5, 0.6) is 5.75 Å². The highest BCUT2D eigenvalue weighted by Crippen LogP contribution is 2.42. The Labute approximate surface area is 177 Å². The van der Waals surface area contributed by atoms with Crippen molar-refractivity contribution >= 4 is 10.8 Å². The lowest BCUT2D eigenvalue weighted by Gasteiger charge is -2.36. The average molecular weight is 386 g/mol. The van der Waals surface area contributed by atoms with Crippen LogP contribution >= 0.6 is 0 Å². The second-order valence-electron chi connectivity index (χ2n) is 7.36. The summed E-state index contributed by atoms with van der Waals surface area (Å²) < 4.78 is 7.07. The maximum Gasteiger partial charge on any atom is 0.184 e. The van der Waals surface area contributed by atoms with Gasteiger partial charge < -0.3 is 4.74 Å². The van der Waals surface area contributed by atoms with Crippen LogP contribution in [0.2, 0.25) is 0 Å². The molecule has 0 fully saturated rings. The molecule has 0 aliphatic heterocycles. The fraction of sp³-hybridized carbons (Fsp3) is 0.0345. The Morgan fingerprint density at radius 3 is 1.37 bits per heavy atom. The first-order valence-electron chi connectivity index (χ1n) is 10.2. The van der Waals surface area contributed by atoms with Gasteiger partial charge in [0.05, 0.1) is 0 Å². The van der Waals surface area contributed by atoms with Crippen molar-refractivity contribution in [1.82, 2.24) is 0 Å². The molecule has 5 aromatic rings. The number of hydrogen-bond acceptors (Lipinski definition) is 1. The lowest BCUT2D eigenvalue weighted by Crippen LogP contribution is -2.36. The van der Waals surface area contributed by atoms with E-state index in [0.29, 0.717) is 0 Å². The normalized spacial score (nSPS) is 11.3. The van der Waals surface area contributed by atoms with E-state index in [0.717, 1.165) is 33.2 Å². The molecule has 0 aliphatic rings. The Morgan fingerprint density at radius 2 is 0.833 bits per heavy atom. The molecule has 0 atom stereocenters. The highest BCUT2D eigenvalue weighted by Gasteiger charge is 2.39. The van der Waals surface area contributed by atoms with Crippen molar-refractivity contribution in [3.8, 4) is 5.75 Å². The van der Waals surface area contributed by atoms with Crippen molar-refractivity contribution in [2.24, 2.45) is 0 Å². The summed E-state index contributed by atoms with van der Waals surface area (Å²) in [4.78, 5) is 0. The SMILES string of the molecule is c1ccc(C(Oc2cccc3ccccc23)(c2ccccc2)c2ccccc2)cc1. The third-order valence-corrected chi connectivity index (χ3v) is 5.55. The maximum atomic E-state index is 7.07. The lowest BCUT2D eigenvalue weighted by molar-refractivity contribution is 0.158. The van der Waals surface area contributed by atoms with E-state index >= 15 is 0 Å². The zero-order valence-electron chi connectivity index (χ0n) is 16.6. The largest absolute Gasteiger partial charge is 0.472 e. The smallest absolute Gasteiger partial charge is 0.184 e. The van der Waals surface area contributed by atoms with E-state index in [1.54, 1.807) is 0 Å². The van der Waals surface area contributed by atoms with Crippen LogP contribution in [0.15, 0.2) is 133 Å². The predicted molar refractivity (Wildman–Crippen MR) is 124 cm³/mol. The molecular formula is C29H22O. The molecule has 0 spiro atoms. The minimum Gasteiger partial charge on any atom is -0.472 e. The molecule has 0 heterocycles. The summed E-state index contributed by atoms with van der Waals surface area (Å²) in [6, 6.07) is 46.0. The standard InChI is InChI=1S/C29H22O/c1-4-15-24(16-5-1)29(25-17-6-2-7-18-25,26-19-8-3-9-20-26)30-28-22-12-14-23-13-10-11-21-27(23)28/h1-22H.